The fourth-order valence-corrected chi connectivity index (χ4v) is 4.32. The van der Waals surface area contributed by atoms with Crippen LogP contribution in [0.2, 0.25) is 0 Å². The summed E-state index contributed by atoms with van der Waals surface area (Å²) in [6, 6.07) is 0. The average Bonchev–Trinajstić information content (AvgIpc) is 3.05. The highest BCUT2D eigenvalue weighted by molar-refractivity contribution is 4.95. The van der Waals surface area contributed by atoms with Gasteiger partial charge in [0, 0.05) is 25.5 Å². The van der Waals surface area contributed by atoms with Gasteiger partial charge >= 0.3 is 0 Å². The molecule has 0 radical (unpaired) electrons. The van der Waals surface area contributed by atoms with E-state index in [-0.39, 0.29) is 0 Å². The van der Waals surface area contributed by atoms with Crippen LogP contribution in [0.3, 0.4) is 0 Å². The molecule has 28 heavy (non-hydrogen) atoms. The van der Waals surface area contributed by atoms with E-state index in [1.165, 1.54) is 129 Å². The third kappa shape index (κ3) is 12.7. The van der Waals surface area contributed by atoms with Crippen molar-refractivity contribution < 1.29 is 0 Å². The van der Waals surface area contributed by atoms with Crippen LogP contribution in [0.15, 0.2) is 12.4 Å². The molecule has 0 saturated heterocycles. The van der Waals surface area contributed by atoms with Crippen LogP contribution in [0.5, 0.6) is 0 Å². The minimum absolute atomic E-state index is 0.572. The monoisotopic (exact) mass is 392 g/mol. The lowest BCUT2D eigenvalue weighted by Gasteiger charge is -2.29. The van der Waals surface area contributed by atoms with Crippen molar-refractivity contribution >= 4 is 0 Å². The molecule has 166 valence electrons. The molecule has 1 unspecified atom stereocenters. The fourth-order valence-electron chi connectivity index (χ4n) is 4.32. The molecule has 0 spiro atoms. The summed E-state index contributed by atoms with van der Waals surface area (Å²) >= 11 is 0. The van der Waals surface area contributed by atoms with Gasteiger partial charge in [-0.15, -0.1) is 0 Å². The molecular formula is C26H52N2. The number of hydrogen-bond acceptors (Lipinski definition) is 2. The Labute approximate surface area is 178 Å². The number of hydrogen-bond donors (Lipinski definition) is 0. The van der Waals surface area contributed by atoms with Crippen LogP contribution in [0.4, 0.5) is 0 Å². The second kappa shape index (κ2) is 18.4. The zero-order valence-electron chi connectivity index (χ0n) is 19.8. The quantitative estimate of drug-likeness (QED) is 0.192. The molecule has 2 nitrogen and oxygen atoms in total. The summed E-state index contributed by atoms with van der Waals surface area (Å²) in [5.41, 5.74) is 0. The standard InChI is InChI=1S/C26H52N2/c1-4-6-8-9-10-11-12-13-14-15-16-17-18-19-20-21-23-28-25-24-27(26(28)3)22-7-5-2/h24-26H,4-23H2,1-3H3. The van der Waals surface area contributed by atoms with Crippen molar-refractivity contribution in [3.8, 4) is 0 Å². The molecule has 0 fully saturated rings. The zero-order valence-corrected chi connectivity index (χ0v) is 19.8. The van der Waals surface area contributed by atoms with E-state index < -0.39 is 0 Å². The molecule has 1 rings (SSSR count). The number of rotatable bonds is 20. The Morgan fingerprint density at radius 2 is 0.786 bits per heavy atom. The molecule has 2 heteroatoms. The summed E-state index contributed by atoms with van der Waals surface area (Å²) in [7, 11) is 0. The van der Waals surface area contributed by atoms with E-state index in [4.69, 9.17) is 0 Å². The van der Waals surface area contributed by atoms with Crippen molar-refractivity contribution in [1.29, 1.82) is 0 Å². The van der Waals surface area contributed by atoms with Crippen LogP contribution in [-0.4, -0.2) is 29.1 Å². The highest BCUT2D eigenvalue weighted by atomic mass is 15.4. The van der Waals surface area contributed by atoms with E-state index >= 15 is 0 Å². The number of unbranched alkanes of at least 4 members (excludes halogenated alkanes) is 16. The molecule has 0 aliphatic carbocycles. The first kappa shape index (κ1) is 25.4. The lowest BCUT2D eigenvalue weighted by atomic mass is 10.0. The van der Waals surface area contributed by atoms with Gasteiger partial charge in [0.15, 0.2) is 0 Å². The van der Waals surface area contributed by atoms with E-state index in [9.17, 15) is 0 Å². The predicted molar refractivity (Wildman–Crippen MR) is 126 cm³/mol. The predicted octanol–water partition coefficient (Wildman–Crippen LogP) is 8.48. The average molecular weight is 393 g/mol. The smallest absolute Gasteiger partial charge is 0.0977 e. The molecule has 1 aliphatic heterocycles. The van der Waals surface area contributed by atoms with Crippen molar-refractivity contribution in [3.05, 3.63) is 12.4 Å². The Kier molecular flexibility index (Phi) is 16.7. The summed E-state index contributed by atoms with van der Waals surface area (Å²) in [6.45, 7) is 9.37. The van der Waals surface area contributed by atoms with E-state index in [1.54, 1.807) is 0 Å². The van der Waals surface area contributed by atoms with E-state index in [2.05, 4.69) is 43.0 Å². The normalized spacial score (nSPS) is 16.5. The van der Waals surface area contributed by atoms with Crippen LogP contribution in [0.25, 0.3) is 0 Å². The highest BCUT2D eigenvalue weighted by Gasteiger charge is 2.20. The first-order chi connectivity index (χ1) is 13.8. The zero-order chi connectivity index (χ0) is 20.3. The molecule has 0 amide bonds. The Hall–Kier alpha value is -0.660. The Balaban J connectivity index is 1.78. The van der Waals surface area contributed by atoms with Gasteiger partial charge in [0.05, 0.1) is 6.17 Å². The minimum atomic E-state index is 0.572. The third-order valence-electron chi connectivity index (χ3n) is 6.45. The van der Waals surface area contributed by atoms with Gasteiger partial charge in [-0.05, 0) is 19.8 Å². The van der Waals surface area contributed by atoms with Gasteiger partial charge in [-0.3, -0.25) is 0 Å². The Morgan fingerprint density at radius 3 is 1.18 bits per heavy atom. The number of nitrogens with zero attached hydrogens (tertiary/aromatic N) is 2. The van der Waals surface area contributed by atoms with Crippen LogP contribution in [0.1, 0.15) is 136 Å². The maximum absolute atomic E-state index is 2.53. The molecule has 1 atom stereocenters. The summed E-state index contributed by atoms with van der Waals surface area (Å²) in [6.07, 6.45) is 30.9. The van der Waals surface area contributed by atoms with Crippen LogP contribution in [0, 0.1) is 0 Å². The van der Waals surface area contributed by atoms with Gasteiger partial charge in [-0.25, -0.2) is 0 Å². The molecule has 0 aromatic rings. The fraction of sp³-hybridized carbons (Fsp3) is 0.923. The van der Waals surface area contributed by atoms with Crippen molar-refractivity contribution in [2.75, 3.05) is 13.1 Å². The van der Waals surface area contributed by atoms with Crippen LogP contribution in [-0.2, 0) is 0 Å². The van der Waals surface area contributed by atoms with Crippen LogP contribution >= 0.6 is 0 Å². The molecule has 0 N–H and O–H groups in total. The minimum Gasteiger partial charge on any atom is -0.356 e. The Bertz CT molecular complexity index is 352. The molecule has 0 aromatic carbocycles. The van der Waals surface area contributed by atoms with Crippen molar-refractivity contribution in [1.82, 2.24) is 9.80 Å². The molecule has 0 aromatic heterocycles. The second-order valence-electron chi connectivity index (χ2n) is 9.06. The SMILES string of the molecule is CCCCCCCCCCCCCCCCCCN1C=CN(CCCC)C1C. The lowest BCUT2D eigenvalue weighted by molar-refractivity contribution is 0.166. The summed E-state index contributed by atoms with van der Waals surface area (Å²) < 4.78 is 0. The molecule has 1 heterocycles. The first-order valence-corrected chi connectivity index (χ1v) is 13.0. The van der Waals surface area contributed by atoms with E-state index in [1.807, 2.05) is 0 Å². The van der Waals surface area contributed by atoms with Gasteiger partial charge < -0.3 is 9.80 Å². The van der Waals surface area contributed by atoms with Crippen molar-refractivity contribution in [2.24, 2.45) is 0 Å². The third-order valence-corrected chi connectivity index (χ3v) is 6.45. The van der Waals surface area contributed by atoms with Crippen molar-refractivity contribution in [2.45, 2.75) is 143 Å². The largest absolute Gasteiger partial charge is 0.356 e. The van der Waals surface area contributed by atoms with Crippen LogP contribution < -0.4 is 0 Å². The maximum atomic E-state index is 2.53. The molecule has 0 saturated carbocycles. The second-order valence-corrected chi connectivity index (χ2v) is 9.06. The van der Waals surface area contributed by atoms with E-state index in [0.29, 0.717) is 6.17 Å². The van der Waals surface area contributed by atoms with Gasteiger partial charge in [-0.1, -0.05) is 117 Å². The van der Waals surface area contributed by atoms with E-state index in [0.717, 1.165) is 0 Å². The van der Waals surface area contributed by atoms with Gasteiger partial charge in [0.1, 0.15) is 0 Å². The van der Waals surface area contributed by atoms with Gasteiger partial charge in [0.25, 0.3) is 0 Å². The Morgan fingerprint density at radius 1 is 0.464 bits per heavy atom. The highest BCUT2D eigenvalue weighted by Crippen LogP contribution is 2.18. The molecule has 0 bridgehead atoms. The lowest BCUT2D eigenvalue weighted by Crippen LogP contribution is -2.36. The summed E-state index contributed by atoms with van der Waals surface area (Å²) in [5, 5.41) is 0. The van der Waals surface area contributed by atoms with Gasteiger partial charge in [0.2, 0.25) is 0 Å². The molecular weight excluding hydrogens is 340 g/mol. The molecule has 1 aliphatic rings. The van der Waals surface area contributed by atoms with Crippen molar-refractivity contribution in [3.63, 3.8) is 0 Å². The van der Waals surface area contributed by atoms with Gasteiger partial charge in [-0.2, -0.15) is 0 Å². The first-order valence-electron chi connectivity index (χ1n) is 13.0. The summed E-state index contributed by atoms with van der Waals surface area (Å²) in [4.78, 5) is 5.02. The summed E-state index contributed by atoms with van der Waals surface area (Å²) in [5.74, 6) is 0. The maximum Gasteiger partial charge on any atom is 0.0977 e. The topological polar surface area (TPSA) is 6.48 Å².